The fourth-order valence-electron chi connectivity index (χ4n) is 2.89. The third-order valence-electron chi connectivity index (χ3n) is 4.21. The number of carbonyl (C=O) groups is 1. The highest BCUT2D eigenvalue weighted by molar-refractivity contribution is 14.1. The van der Waals surface area contributed by atoms with Crippen LogP contribution in [0.25, 0.3) is 21.7 Å². The minimum atomic E-state index is -0.394. The van der Waals surface area contributed by atoms with Gasteiger partial charge in [0, 0.05) is 5.39 Å². The lowest BCUT2D eigenvalue weighted by molar-refractivity contribution is 0.0929. The molecule has 0 radical (unpaired) electrons. The molecule has 1 aromatic heterocycles. The fraction of sp³-hybridized carbons (Fsp3) is 0.0476. The van der Waals surface area contributed by atoms with Gasteiger partial charge in [0.1, 0.15) is 11.3 Å². The van der Waals surface area contributed by atoms with Crippen LogP contribution in [0.15, 0.2) is 70.2 Å². The number of amides is 1. The van der Waals surface area contributed by atoms with E-state index in [9.17, 15) is 4.79 Å². The third-order valence-corrected chi connectivity index (χ3v) is 5.05. The van der Waals surface area contributed by atoms with Crippen LogP contribution in [0.1, 0.15) is 16.1 Å². The van der Waals surface area contributed by atoms with Gasteiger partial charge in [0.25, 0.3) is 0 Å². The molecule has 0 saturated heterocycles. The summed E-state index contributed by atoms with van der Waals surface area (Å²) in [6.07, 6.45) is 1.58. The van der Waals surface area contributed by atoms with E-state index in [-0.39, 0.29) is 5.76 Å². The van der Waals surface area contributed by atoms with Crippen molar-refractivity contribution in [3.05, 3.63) is 75.6 Å². The maximum atomic E-state index is 12.4. The van der Waals surface area contributed by atoms with Crippen molar-refractivity contribution in [1.29, 1.82) is 0 Å². The second-order valence-electron chi connectivity index (χ2n) is 5.90. The largest absolute Gasteiger partial charge is 0.496 e. The molecule has 1 N–H and O–H groups in total. The second kappa shape index (κ2) is 7.40. The number of methoxy groups -OCH3 is 1. The zero-order chi connectivity index (χ0) is 18.8. The molecule has 0 aliphatic rings. The molecule has 1 amide bonds. The van der Waals surface area contributed by atoms with E-state index < -0.39 is 5.91 Å². The Labute approximate surface area is 169 Å². The fourth-order valence-corrected chi connectivity index (χ4v) is 3.65. The van der Waals surface area contributed by atoms with Crippen molar-refractivity contribution in [3.8, 4) is 5.75 Å². The highest BCUT2D eigenvalue weighted by Crippen LogP contribution is 2.28. The standard InChI is InChI=1S/C21H15IN2O3/c1-26-19-8-6-13(10-17(19)22)12-23-24-21(25)20-11-16-15-5-3-2-4-14(15)7-9-18(16)27-20/h2-12H,1H3,(H,24,25)/b23-12-. The number of hydrazone groups is 1. The number of nitrogens with zero attached hydrogens (tertiary/aromatic N) is 1. The highest BCUT2D eigenvalue weighted by atomic mass is 127. The lowest BCUT2D eigenvalue weighted by Gasteiger charge is -2.03. The van der Waals surface area contributed by atoms with E-state index in [1.165, 1.54) is 0 Å². The minimum Gasteiger partial charge on any atom is -0.496 e. The predicted octanol–water partition coefficient (Wildman–Crippen LogP) is 4.96. The average Bonchev–Trinajstić information content (AvgIpc) is 3.13. The monoisotopic (exact) mass is 470 g/mol. The Kier molecular flexibility index (Phi) is 4.81. The Morgan fingerprint density at radius 3 is 2.78 bits per heavy atom. The summed E-state index contributed by atoms with van der Waals surface area (Å²) in [4.78, 5) is 12.4. The number of halogens is 1. The molecule has 5 nitrogen and oxygen atoms in total. The molecule has 0 fully saturated rings. The molecule has 0 bridgehead atoms. The summed E-state index contributed by atoms with van der Waals surface area (Å²) >= 11 is 2.19. The van der Waals surface area contributed by atoms with Crippen molar-refractivity contribution >= 4 is 56.5 Å². The van der Waals surface area contributed by atoms with E-state index >= 15 is 0 Å². The molecular weight excluding hydrogens is 455 g/mol. The normalized spacial score (nSPS) is 11.3. The minimum absolute atomic E-state index is 0.225. The molecule has 0 atom stereocenters. The molecule has 27 heavy (non-hydrogen) atoms. The Balaban J connectivity index is 1.54. The summed E-state index contributed by atoms with van der Waals surface area (Å²) in [6, 6.07) is 19.2. The van der Waals surface area contributed by atoms with Gasteiger partial charge in [0.05, 0.1) is 16.9 Å². The Hall–Kier alpha value is -2.87. The van der Waals surface area contributed by atoms with Crippen molar-refractivity contribution in [3.63, 3.8) is 0 Å². The lowest BCUT2D eigenvalue weighted by atomic mass is 10.1. The van der Waals surface area contributed by atoms with Crippen molar-refractivity contribution in [2.45, 2.75) is 0 Å². The lowest BCUT2D eigenvalue weighted by Crippen LogP contribution is -2.16. The number of benzene rings is 3. The second-order valence-corrected chi connectivity index (χ2v) is 7.06. The van der Waals surface area contributed by atoms with Gasteiger partial charge in [-0.05, 0) is 69.3 Å². The summed E-state index contributed by atoms with van der Waals surface area (Å²) in [6.45, 7) is 0. The van der Waals surface area contributed by atoms with Crippen LogP contribution in [0.3, 0.4) is 0 Å². The smallest absolute Gasteiger partial charge is 0.307 e. The maximum Gasteiger partial charge on any atom is 0.307 e. The molecule has 134 valence electrons. The molecule has 4 rings (SSSR count). The van der Waals surface area contributed by atoms with Crippen LogP contribution < -0.4 is 10.2 Å². The van der Waals surface area contributed by atoms with Gasteiger partial charge in [0.15, 0.2) is 5.76 Å². The SMILES string of the molecule is COc1ccc(/C=N\NC(=O)c2cc3c(ccc4ccccc43)o2)cc1I. The number of rotatable bonds is 4. The van der Waals surface area contributed by atoms with E-state index in [4.69, 9.17) is 9.15 Å². The summed E-state index contributed by atoms with van der Waals surface area (Å²) < 4.78 is 11.9. The predicted molar refractivity (Wildman–Crippen MR) is 114 cm³/mol. The van der Waals surface area contributed by atoms with E-state index in [1.807, 2.05) is 54.6 Å². The molecule has 0 aliphatic heterocycles. The zero-order valence-electron chi connectivity index (χ0n) is 14.4. The molecule has 6 heteroatoms. The van der Waals surface area contributed by atoms with Gasteiger partial charge >= 0.3 is 5.91 Å². The Morgan fingerprint density at radius 1 is 1.11 bits per heavy atom. The molecule has 0 unspecified atom stereocenters. The molecule has 0 saturated carbocycles. The highest BCUT2D eigenvalue weighted by Gasteiger charge is 2.13. The molecule has 3 aromatic carbocycles. The molecular formula is C21H15IN2O3. The topological polar surface area (TPSA) is 63.8 Å². The molecule has 0 aliphatic carbocycles. The first-order valence-electron chi connectivity index (χ1n) is 8.24. The van der Waals surface area contributed by atoms with E-state index in [0.29, 0.717) is 5.58 Å². The van der Waals surface area contributed by atoms with Gasteiger partial charge < -0.3 is 9.15 Å². The number of nitrogens with one attached hydrogen (secondary N) is 1. The summed E-state index contributed by atoms with van der Waals surface area (Å²) in [5.41, 5.74) is 4.04. The number of hydrogen-bond donors (Lipinski definition) is 1. The van der Waals surface area contributed by atoms with Crippen molar-refractivity contribution in [2.75, 3.05) is 7.11 Å². The number of furan rings is 1. The van der Waals surface area contributed by atoms with Gasteiger partial charge in [-0.15, -0.1) is 0 Å². The van der Waals surface area contributed by atoms with Crippen LogP contribution in [0, 0.1) is 3.57 Å². The summed E-state index contributed by atoms with van der Waals surface area (Å²) in [5, 5.41) is 7.08. The average molecular weight is 470 g/mol. The maximum absolute atomic E-state index is 12.4. The zero-order valence-corrected chi connectivity index (χ0v) is 16.6. The first-order valence-corrected chi connectivity index (χ1v) is 9.32. The van der Waals surface area contributed by atoms with Crippen molar-refractivity contribution in [2.24, 2.45) is 5.10 Å². The number of hydrogen-bond acceptors (Lipinski definition) is 4. The van der Waals surface area contributed by atoms with Crippen LogP contribution in [0.5, 0.6) is 5.75 Å². The van der Waals surface area contributed by atoms with Crippen molar-refractivity contribution < 1.29 is 13.9 Å². The van der Waals surface area contributed by atoms with Gasteiger partial charge in [-0.3, -0.25) is 4.79 Å². The number of ether oxygens (including phenoxy) is 1. The number of fused-ring (bicyclic) bond motifs is 3. The van der Waals surface area contributed by atoms with E-state index in [1.54, 1.807) is 19.4 Å². The molecule has 0 spiro atoms. The van der Waals surface area contributed by atoms with Crippen LogP contribution >= 0.6 is 22.6 Å². The number of carbonyl (C=O) groups excluding carboxylic acids is 1. The Morgan fingerprint density at radius 2 is 1.96 bits per heavy atom. The quantitative estimate of drug-likeness (QED) is 0.261. The van der Waals surface area contributed by atoms with Crippen LogP contribution in [-0.2, 0) is 0 Å². The first-order chi connectivity index (χ1) is 13.2. The summed E-state index contributed by atoms with van der Waals surface area (Å²) in [7, 11) is 1.63. The van der Waals surface area contributed by atoms with Gasteiger partial charge in [0.2, 0.25) is 0 Å². The van der Waals surface area contributed by atoms with Crippen LogP contribution in [0.2, 0.25) is 0 Å². The molecule has 1 heterocycles. The van der Waals surface area contributed by atoms with Gasteiger partial charge in [-0.1, -0.05) is 30.3 Å². The van der Waals surface area contributed by atoms with E-state index in [0.717, 1.165) is 31.0 Å². The van der Waals surface area contributed by atoms with Gasteiger partial charge in [-0.25, -0.2) is 5.43 Å². The van der Waals surface area contributed by atoms with Crippen molar-refractivity contribution in [1.82, 2.24) is 5.43 Å². The molecule has 4 aromatic rings. The van der Waals surface area contributed by atoms with Crippen LogP contribution in [-0.4, -0.2) is 19.2 Å². The summed E-state index contributed by atoms with van der Waals surface area (Å²) in [5.74, 6) is 0.629. The first kappa shape index (κ1) is 17.5. The van der Waals surface area contributed by atoms with Gasteiger partial charge in [-0.2, -0.15) is 5.10 Å². The third kappa shape index (κ3) is 3.52. The van der Waals surface area contributed by atoms with Crippen LogP contribution in [0.4, 0.5) is 0 Å². The van der Waals surface area contributed by atoms with E-state index in [2.05, 4.69) is 33.1 Å². The Bertz CT molecular complexity index is 1180.